The summed E-state index contributed by atoms with van der Waals surface area (Å²) in [6.45, 7) is 9.73. The van der Waals surface area contributed by atoms with Crippen LogP contribution in [0.3, 0.4) is 0 Å². The topological polar surface area (TPSA) is 35.2 Å². The van der Waals surface area contributed by atoms with Gasteiger partial charge in [0.15, 0.2) is 0 Å². The van der Waals surface area contributed by atoms with Gasteiger partial charge in [-0.15, -0.1) is 0 Å². The maximum atomic E-state index is 4.57. The Balaban J connectivity index is 0.000000878. The van der Waals surface area contributed by atoms with Crippen LogP contribution < -0.4 is 0 Å². The van der Waals surface area contributed by atoms with E-state index in [0.29, 0.717) is 12.0 Å². The SMILES string of the molecule is CCC.CCN(SN(C)C)C1CCC(c2cc(-c3cccc(C)c3)n[nH]2)CC1. The van der Waals surface area contributed by atoms with Crippen molar-refractivity contribution in [2.24, 2.45) is 0 Å². The van der Waals surface area contributed by atoms with Crippen LogP contribution in [0.25, 0.3) is 11.3 Å². The van der Waals surface area contributed by atoms with E-state index in [0.717, 1.165) is 12.2 Å². The average Bonchev–Trinajstić information content (AvgIpc) is 3.17. The third-order valence-electron chi connectivity index (χ3n) is 5.04. The van der Waals surface area contributed by atoms with Crippen molar-refractivity contribution in [3.05, 3.63) is 41.6 Å². The number of hydrogen-bond donors (Lipinski definition) is 1. The van der Waals surface area contributed by atoms with Gasteiger partial charge in [0.2, 0.25) is 0 Å². The molecule has 0 amide bonds. The Morgan fingerprint density at radius 1 is 1.07 bits per heavy atom. The molecule has 0 spiro atoms. The van der Waals surface area contributed by atoms with Crippen LogP contribution in [-0.4, -0.2) is 45.5 Å². The molecular weight excluding hydrogens is 364 g/mol. The third kappa shape index (κ3) is 6.64. The predicted molar refractivity (Wildman–Crippen MR) is 123 cm³/mol. The number of aromatic nitrogens is 2. The zero-order valence-corrected chi connectivity index (χ0v) is 19.4. The molecule has 1 N–H and O–H groups in total. The smallest absolute Gasteiger partial charge is 0.0923 e. The van der Waals surface area contributed by atoms with Gasteiger partial charge in [-0.3, -0.25) is 5.10 Å². The zero-order chi connectivity index (χ0) is 20.5. The normalized spacial score (nSPS) is 19.6. The minimum Gasteiger partial charge on any atom is -0.282 e. The number of aryl methyl sites for hydroxylation is 1. The van der Waals surface area contributed by atoms with Crippen molar-refractivity contribution in [3.8, 4) is 11.3 Å². The molecule has 1 fully saturated rings. The molecule has 1 saturated carbocycles. The lowest BCUT2D eigenvalue weighted by Gasteiger charge is -2.36. The molecule has 4 nitrogen and oxygen atoms in total. The van der Waals surface area contributed by atoms with Crippen LogP contribution >= 0.6 is 12.1 Å². The fourth-order valence-electron chi connectivity index (χ4n) is 3.77. The van der Waals surface area contributed by atoms with Crippen LogP contribution in [0.15, 0.2) is 30.3 Å². The number of rotatable bonds is 6. The van der Waals surface area contributed by atoms with Crippen LogP contribution in [0.4, 0.5) is 0 Å². The van der Waals surface area contributed by atoms with Gasteiger partial charge in [-0.05, 0) is 58.8 Å². The second-order valence-electron chi connectivity index (χ2n) is 7.92. The van der Waals surface area contributed by atoms with Crippen LogP contribution in [0.5, 0.6) is 0 Å². The summed E-state index contributed by atoms with van der Waals surface area (Å²) in [4.78, 5) is 0. The summed E-state index contributed by atoms with van der Waals surface area (Å²) in [5, 5.41) is 7.87. The van der Waals surface area contributed by atoms with E-state index >= 15 is 0 Å². The molecule has 1 aromatic carbocycles. The van der Waals surface area contributed by atoms with E-state index in [9.17, 15) is 0 Å². The van der Waals surface area contributed by atoms with Gasteiger partial charge in [-0.2, -0.15) is 5.10 Å². The van der Waals surface area contributed by atoms with Crippen molar-refractivity contribution in [1.29, 1.82) is 0 Å². The molecule has 0 saturated heterocycles. The highest BCUT2D eigenvalue weighted by molar-refractivity contribution is 7.94. The average molecular weight is 403 g/mol. The first-order valence-corrected chi connectivity index (χ1v) is 11.5. The van der Waals surface area contributed by atoms with Crippen molar-refractivity contribution >= 4 is 12.1 Å². The quantitative estimate of drug-likeness (QED) is 0.577. The summed E-state index contributed by atoms with van der Waals surface area (Å²) in [5.74, 6) is 0.616. The molecule has 28 heavy (non-hydrogen) atoms. The molecule has 0 unspecified atom stereocenters. The van der Waals surface area contributed by atoms with Crippen LogP contribution in [-0.2, 0) is 0 Å². The van der Waals surface area contributed by atoms with Crippen molar-refractivity contribution in [2.75, 3.05) is 20.6 Å². The van der Waals surface area contributed by atoms with Crippen molar-refractivity contribution in [3.63, 3.8) is 0 Å². The molecule has 0 atom stereocenters. The number of benzene rings is 1. The molecule has 0 aliphatic heterocycles. The summed E-state index contributed by atoms with van der Waals surface area (Å²) in [5.41, 5.74) is 4.86. The number of nitrogens with one attached hydrogen (secondary N) is 1. The van der Waals surface area contributed by atoms with Crippen molar-refractivity contribution < 1.29 is 0 Å². The Kier molecular flexibility index (Phi) is 9.56. The second kappa shape index (κ2) is 11.6. The molecule has 0 bridgehead atoms. The minimum atomic E-state index is 0.616. The number of hydrogen-bond acceptors (Lipinski definition) is 4. The Hall–Kier alpha value is -1.30. The lowest BCUT2D eigenvalue weighted by molar-refractivity contribution is 0.257. The molecule has 1 aromatic heterocycles. The molecule has 5 heteroatoms. The highest BCUT2D eigenvalue weighted by Gasteiger charge is 2.27. The van der Waals surface area contributed by atoms with E-state index < -0.39 is 0 Å². The third-order valence-corrected chi connectivity index (χ3v) is 6.13. The van der Waals surface area contributed by atoms with Gasteiger partial charge in [0, 0.05) is 41.9 Å². The molecule has 1 aliphatic rings. The van der Waals surface area contributed by atoms with E-state index in [4.69, 9.17) is 0 Å². The van der Waals surface area contributed by atoms with E-state index in [1.54, 1.807) is 0 Å². The van der Waals surface area contributed by atoms with Crippen molar-refractivity contribution in [1.82, 2.24) is 18.8 Å². The van der Waals surface area contributed by atoms with Crippen molar-refractivity contribution in [2.45, 2.75) is 71.8 Å². The molecule has 1 heterocycles. The van der Waals surface area contributed by atoms with Gasteiger partial charge < -0.3 is 0 Å². The molecule has 2 aromatic rings. The lowest BCUT2D eigenvalue weighted by Crippen LogP contribution is -2.34. The van der Waals surface area contributed by atoms with Gasteiger partial charge in [-0.1, -0.05) is 51.0 Å². The van der Waals surface area contributed by atoms with E-state index in [1.165, 1.54) is 48.9 Å². The number of aromatic amines is 1. The summed E-state index contributed by atoms with van der Waals surface area (Å²) >= 11 is 1.85. The predicted octanol–water partition coefficient (Wildman–Crippen LogP) is 6.27. The van der Waals surface area contributed by atoms with Gasteiger partial charge >= 0.3 is 0 Å². The van der Waals surface area contributed by atoms with E-state index in [-0.39, 0.29) is 0 Å². The maximum Gasteiger partial charge on any atom is 0.0923 e. The fourth-order valence-corrected chi connectivity index (χ4v) is 4.64. The molecular formula is C23H38N4S. The first-order valence-electron chi connectivity index (χ1n) is 10.7. The van der Waals surface area contributed by atoms with Gasteiger partial charge in [0.1, 0.15) is 0 Å². The minimum absolute atomic E-state index is 0.616. The second-order valence-corrected chi connectivity index (χ2v) is 9.28. The number of nitrogens with zero attached hydrogens (tertiary/aromatic N) is 3. The molecule has 1 aliphatic carbocycles. The Labute approximate surface area is 176 Å². The molecule has 3 rings (SSSR count). The molecule has 156 valence electrons. The summed E-state index contributed by atoms with van der Waals surface area (Å²) in [6.07, 6.45) is 6.26. The van der Waals surface area contributed by atoms with Gasteiger partial charge in [-0.25, -0.2) is 8.61 Å². The standard InChI is InChI=1S/C20H30N4S.C3H8/c1-5-24(25-23(3)4)18-11-9-16(10-12-18)19-14-20(22-21-19)17-8-6-7-15(2)13-17;1-3-2/h6-8,13-14,16,18H,5,9-12H2,1-4H3,(H,21,22);3H2,1-2H3. The summed E-state index contributed by atoms with van der Waals surface area (Å²) < 4.78 is 4.72. The Morgan fingerprint density at radius 3 is 2.32 bits per heavy atom. The highest BCUT2D eigenvalue weighted by atomic mass is 32.2. The van der Waals surface area contributed by atoms with Crippen LogP contribution in [0.1, 0.15) is 70.1 Å². The van der Waals surface area contributed by atoms with E-state index in [1.807, 2.05) is 12.1 Å². The van der Waals surface area contributed by atoms with Gasteiger partial charge in [0.05, 0.1) is 5.69 Å². The van der Waals surface area contributed by atoms with Crippen LogP contribution in [0, 0.1) is 6.92 Å². The first-order chi connectivity index (χ1) is 13.5. The summed E-state index contributed by atoms with van der Waals surface area (Å²) in [6, 6.07) is 11.5. The zero-order valence-electron chi connectivity index (χ0n) is 18.5. The van der Waals surface area contributed by atoms with E-state index in [2.05, 4.69) is 90.9 Å². The maximum absolute atomic E-state index is 4.57. The molecule has 0 radical (unpaired) electrons. The lowest BCUT2D eigenvalue weighted by atomic mass is 9.84. The fraction of sp³-hybridized carbons (Fsp3) is 0.609. The number of H-pyrrole nitrogens is 1. The Morgan fingerprint density at radius 2 is 1.75 bits per heavy atom. The first kappa shape index (κ1) is 23.0. The Bertz CT molecular complexity index is 689. The monoisotopic (exact) mass is 402 g/mol. The largest absolute Gasteiger partial charge is 0.282 e. The van der Waals surface area contributed by atoms with Crippen LogP contribution in [0.2, 0.25) is 0 Å². The summed E-state index contributed by atoms with van der Waals surface area (Å²) in [7, 11) is 4.24. The highest BCUT2D eigenvalue weighted by Crippen LogP contribution is 2.37. The van der Waals surface area contributed by atoms with Gasteiger partial charge in [0.25, 0.3) is 0 Å².